The van der Waals surface area contributed by atoms with Crippen molar-refractivity contribution >= 4 is 75.5 Å². The maximum absolute atomic E-state index is 12.4. The zero-order valence-corrected chi connectivity index (χ0v) is 21.7. The molecule has 0 saturated carbocycles. The molecule has 1 N–H and O–H groups in total. The summed E-state index contributed by atoms with van der Waals surface area (Å²) >= 11 is 23.8. The van der Waals surface area contributed by atoms with Gasteiger partial charge < -0.3 is 14.2 Å². The number of anilines is 1. The molecule has 0 unspecified atom stereocenters. The van der Waals surface area contributed by atoms with Crippen molar-refractivity contribution in [1.29, 1.82) is 0 Å². The van der Waals surface area contributed by atoms with Crippen LogP contribution >= 0.6 is 47.0 Å². The molecule has 36 heavy (non-hydrogen) atoms. The Morgan fingerprint density at radius 2 is 1.81 bits per heavy atom. The van der Waals surface area contributed by atoms with Crippen molar-refractivity contribution in [1.82, 2.24) is 10.2 Å². The lowest BCUT2D eigenvalue weighted by Crippen LogP contribution is -2.52. The van der Waals surface area contributed by atoms with Gasteiger partial charge >= 0.3 is 0 Å². The third-order valence-corrected chi connectivity index (χ3v) is 6.71. The highest BCUT2D eigenvalue weighted by Crippen LogP contribution is 2.36. The standard InChI is InChI=1S/C24H19Cl3N4O4S/c25-15-4-7-17(19(27)14-15)21-8-5-16(35-21)6-9-22(32)28-24(36)30-12-10-29(11-13-30)23-18(26)2-1-3-20(23)31(33)34/h1-9,14H,10-13H2,(H,28,32,36)/b9-6+. The molecular weight excluding hydrogens is 547 g/mol. The zero-order valence-electron chi connectivity index (χ0n) is 18.6. The van der Waals surface area contributed by atoms with Crippen molar-refractivity contribution in [3.63, 3.8) is 0 Å². The Morgan fingerprint density at radius 1 is 1.06 bits per heavy atom. The number of hydrogen-bond acceptors (Lipinski definition) is 6. The van der Waals surface area contributed by atoms with Crippen LogP contribution < -0.4 is 10.2 Å². The van der Waals surface area contributed by atoms with E-state index in [1.807, 2.05) is 9.80 Å². The molecule has 2 aromatic carbocycles. The summed E-state index contributed by atoms with van der Waals surface area (Å²) in [6, 6.07) is 13.2. The van der Waals surface area contributed by atoms with Gasteiger partial charge in [0.25, 0.3) is 5.69 Å². The van der Waals surface area contributed by atoms with E-state index in [4.69, 9.17) is 51.4 Å². The molecule has 2 heterocycles. The van der Waals surface area contributed by atoms with Crippen LogP contribution in [0.15, 0.2) is 59.0 Å². The average Bonchev–Trinajstić information content (AvgIpc) is 3.31. The van der Waals surface area contributed by atoms with E-state index in [-0.39, 0.29) is 10.8 Å². The number of nitro groups is 1. The van der Waals surface area contributed by atoms with Crippen molar-refractivity contribution in [2.75, 3.05) is 31.1 Å². The largest absolute Gasteiger partial charge is 0.457 e. The normalized spacial score (nSPS) is 13.8. The van der Waals surface area contributed by atoms with Crippen LogP contribution in [0.4, 0.5) is 11.4 Å². The summed E-state index contributed by atoms with van der Waals surface area (Å²) in [5.74, 6) is 0.600. The van der Waals surface area contributed by atoms with Gasteiger partial charge in [-0.2, -0.15) is 0 Å². The molecule has 0 bridgehead atoms. The van der Waals surface area contributed by atoms with Crippen LogP contribution in [0.2, 0.25) is 15.1 Å². The van der Waals surface area contributed by atoms with Crippen molar-refractivity contribution in [3.05, 3.63) is 85.5 Å². The highest BCUT2D eigenvalue weighted by atomic mass is 35.5. The molecule has 0 aliphatic carbocycles. The van der Waals surface area contributed by atoms with E-state index in [0.717, 1.165) is 0 Å². The second-order valence-corrected chi connectivity index (χ2v) is 9.43. The topological polar surface area (TPSA) is 91.9 Å². The minimum absolute atomic E-state index is 0.0450. The molecule has 12 heteroatoms. The number of nitrogens with zero attached hydrogens (tertiary/aromatic N) is 3. The van der Waals surface area contributed by atoms with Gasteiger partial charge in [0, 0.05) is 48.9 Å². The smallest absolute Gasteiger partial charge is 0.294 e. The lowest BCUT2D eigenvalue weighted by molar-refractivity contribution is -0.384. The van der Waals surface area contributed by atoms with Crippen LogP contribution in [-0.4, -0.2) is 47.0 Å². The number of hydrogen-bond donors (Lipinski definition) is 1. The molecule has 0 spiro atoms. The van der Waals surface area contributed by atoms with Gasteiger partial charge in [-0.3, -0.25) is 20.2 Å². The number of amides is 1. The molecule has 1 amide bonds. The fourth-order valence-electron chi connectivity index (χ4n) is 3.76. The molecule has 1 aromatic heterocycles. The molecule has 4 rings (SSSR count). The second-order valence-electron chi connectivity index (χ2n) is 7.79. The van der Waals surface area contributed by atoms with Crippen LogP contribution in [0.25, 0.3) is 17.4 Å². The number of nitro benzene ring substituents is 1. The number of rotatable bonds is 5. The van der Waals surface area contributed by atoms with E-state index < -0.39 is 10.8 Å². The van der Waals surface area contributed by atoms with Gasteiger partial charge in [-0.25, -0.2) is 0 Å². The number of thiocarbonyl (C=S) groups is 1. The van der Waals surface area contributed by atoms with E-state index in [1.54, 1.807) is 42.5 Å². The number of para-hydroxylation sites is 1. The monoisotopic (exact) mass is 564 g/mol. The first kappa shape index (κ1) is 26.0. The molecule has 1 aliphatic rings. The summed E-state index contributed by atoms with van der Waals surface area (Å²) in [5.41, 5.74) is 1.03. The van der Waals surface area contributed by atoms with Crippen LogP contribution in [-0.2, 0) is 4.79 Å². The average molecular weight is 566 g/mol. The van der Waals surface area contributed by atoms with E-state index in [0.29, 0.717) is 64.0 Å². The van der Waals surface area contributed by atoms with E-state index in [2.05, 4.69) is 5.32 Å². The zero-order chi connectivity index (χ0) is 25.8. The van der Waals surface area contributed by atoms with E-state index in [1.165, 1.54) is 18.2 Å². The van der Waals surface area contributed by atoms with Gasteiger partial charge in [-0.15, -0.1) is 0 Å². The summed E-state index contributed by atoms with van der Waals surface area (Å²) in [6.45, 7) is 1.85. The molecule has 0 atom stereocenters. The quantitative estimate of drug-likeness (QED) is 0.174. The first-order valence-corrected chi connectivity index (χ1v) is 12.3. The third kappa shape index (κ3) is 5.99. The number of carbonyl (C=O) groups excluding carboxylic acids is 1. The second kappa shape index (κ2) is 11.3. The van der Waals surface area contributed by atoms with Crippen LogP contribution in [0, 0.1) is 10.1 Å². The lowest BCUT2D eigenvalue weighted by Gasteiger charge is -2.37. The summed E-state index contributed by atoms with van der Waals surface area (Å²) in [4.78, 5) is 27.0. The number of piperazine rings is 1. The highest BCUT2D eigenvalue weighted by Gasteiger charge is 2.27. The van der Waals surface area contributed by atoms with Crippen molar-refractivity contribution in [2.24, 2.45) is 0 Å². The van der Waals surface area contributed by atoms with Crippen molar-refractivity contribution in [2.45, 2.75) is 0 Å². The number of halogens is 3. The highest BCUT2D eigenvalue weighted by molar-refractivity contribution is 7.80. The van der Waals surface area contributed by atoms with E-state index in [9.17, 15) is 14.9 Å². The Morgan fingerprint density at radius 3 is 2.50 bits per heavy atom. The molecule has 8 nitrogen and oxygen atoms in total. The van der Waals surface area contributed by atoms with Crippen molar-refractivity contribution < 1.29 is 14.1 Å². The predicted molar refractivity (Wildman–Crippen MR) is 146 cm³/mol. The maximum atomic E-state index is 12.4. The summed E-state index contributed by atoms with van der Waals surface area (Å²) in [7, 11) is 0. The Balaban J connectivity index is 1.32. The third-order valence-electron chi connectivity index (χ3n) is 5.50. The Bertz CT molecular complexity index is 1350. The Kier molecular flexibility index (Phi) is 8.15. The van der Waals surface area contributed by atoms with Crippen molar-refractivity contribution in [3.8, 4) is 11.3 Å². The maximum Gasteiger partial charge on any atom is 0.294 e. The summed E-state index contributed by atoms with van der Waals surface area (Å²) < 4.78 is 5.75. The van der Waals surface area contributed by atoms with Crippen LogP contribution in [0.1, 0.15) is 5.76 Å². The summed E-state index contributed by atoms with van der Waals surface area (Å²) in [5, 5.41) is 15.6. The Labute approximate surface area is 227 Å². The number of furan rings is 1. The molecule has 0 radical (unpaired) electrons. The molecule has 1 saturated heterocycles. The molecular formula is C24H19Cl3N4O4S. The SMILES string of the molecule is O=C(/C=C/c1ccc(-c2ccc(Cl)cc2Cl)o1)NC(=S)N1CCN(c2c(Cl)cccc2[N+](=O)[O-])CC1. The first-order chi connectivity index (χ1) is 17.2. The van der Waals surface area contributed by atoms with Gasteiger partial charge in [0.2, 0.25) is 5.91 Å². The first-order valence-electron chi connectivity index (χ1n) is 10.7. The number of benzene rings is 2. The van der Waals surface area contributed by atoms with E-state index >= 15 is 0 Å². The van der Waals surface area contributed by atoms with Gasteiger partial charge in [0.15, 0.2) is 5.11 Å². The summed E-state index contributed by atoms with van der Waals surface area (Å²) in [6.07, 6.45) is 2.85. The Hall–Kier alpha value is -3.11. The molecule has 1 fully saturated rings. The van der Waals surface area contributed by atoms with Crippen LogP contribution in [0.5, 0.6) is 0 Å². The minimum atomic E-state index is -0.448. The fourth-order valence-corrected chi connectivity index (χ4v) is 4.83. The molecule has 1 aliphatic heterocycles. The van der Waals surface area contributed by atoms with Gasteiger partial charge in [-0.1, -0.05) is 40.9 Å². The molecule has 3 aromatic rings. The predicted octanol–water partition coefficient (Wildman–Crippen LogP) is 6.05. The number of nitrogens with one attached hydrogen (secondary N) is 1. The minimum Gasteiger partial charge on any atom is -0.457 e. The molecule has 186 valence electrons. The van der Waals surface area contributed by atoms with Gasteiger partial charge in [0.05, 0.1) is 15.0 Å². The van der Waals surface area contributed by atoms with Gasteiger partial charge in [-0.05, 0) is 54.7 Å². The lowest BCUT2D eigenvalue weighted by atomic mass is 10.2. The van der Waals surface area contributed by atoms with Crippen LogP contribution in [0.3, 0.4) is 0 Å². The van der Waals surface area contributed by atoms with Gasteiger partial charge in [0.1, 0.15) is 17.2 Å². The number of carbonyl (C=O) groups is 1. The fraction of sp³-hybridized carbons (Fsp3) is 0.167.